The number of halogens is 3. The minimum absolute atomic E-state index is 0.117. The number of benzene rings is 2. The standard InChI is InChI=1S/C23H20ClF2N5O2/c1-13-3-2-10-31-20-17(18-8-9-27-30-18)11-14(12-19(20)29-21(13)31)22(32)28-15-4-6-16(7-5-15)33-23(24,25)26/h4-9,11-13H,2-3,10H2,1H3,(H,27,30)(H,28,32)/t13-/m1/s1. The van der Waals surface area contributed by atoms with Gasteiger partial charge >= 0.3 is 5.57 Å². The van der Waals surface area contributed by atoms with Gasteiger partial charge in [-0.1, -0.05) is 6.92 Å². The number of fused-ring (bicyclic) bond motifs is 3. The van der Waals surface area contributed by atoms with Gasteiger partial charge in [0, 0.05) is 47.1 Å². The summed E-state index contributed by atoms with van der Waals surface area (Å²) < 4.78 is 32.1. The van der Waals surface area contributed by atoms with E-state index in [0.29, 0.717) is 17.2 Å². The third kappa shape index (κ3) is 4.28. The number of ether oxygens (including phenoxy) is 1. The van der Waals surface area contributed by atoms with Crippen LogP contribution in [0.25, 0.3) is 22.3 Å². The molecule has 170 valence electrons. The Balaban J connectivity index is 1.50. The molecule has 0 aliphatic carbocycles. The van der Waals surface area contributed by atoms with Gasteiger partial charge in [-0.25, -0.2) is 4.98 Å². The van der Waals surface area contributed by atoms with Crippen LogP contribution < -0.4 is 10.1 Å². The predicted octanol–water partition coefficient (Wildman–Crippen LogP) is 5.74. The first-order chi connectivity index (χ1) is 15.8. The normalized spacial score (nSPS) is 15.9. The van der Waals surface area contributed by atoms with Crippen LogP contribution in [0.5, 0.6) is 5.75 Å². The van der Waals surface area contributed by atoms with E-state index in [4.69, 9.17) is 16.6 Å². The number of rotatable bonds is 5. The van der Waals surface area contributed by atoms with Crippen molar-refractivity contribution in [3.63, 3.8) is 0 Å². The lowest BCUT2D eigenvalue weighted by Crippen LogP contribution is -2.16. The summed E-state index contributed by atoms with van der Waals surface area (Å²) in [6.45, 7) is 3.03. The fourth-order valence-corrected chi connectivity index (χ4v) is 4.35. The summed E-state index contributed by atoms with van der Waals surface area (Å²) in [6, 6.07) is 11.0. The van der Waals surface area contributed by atoms with E-state index in [0.717, 1.165) is 47.5 Å². The van der Waals surface area contributed by atoms with Crippen LogP contribution in [0.15, 0.2) is 48.7 Å². The molecule has 0 saturated carbocycles. The summed E-state index contributed by atoms with van der Waals surface area (Å²) in [5, 5.41) is 9.83. The molecule has 0 bridgehead atoms. The quantitative estimate of drug-likeness (QED) is 0.363. The molecule has 0 saturated heterocycles. The minimum Gasteiger partial charge on any atom is -0.420 e. The third-order valence-electron chi connectivity index (χ3n) is 5.73. The highest BCUT2D eigenvalue weighted by Gasteiger charge is 2.27. The molecule has 10 heteroatoms. The molecule has 2 aromatic heterocycles. The van der Waals surface area contributed by atoms with Crippen molar-refractivity contribution in [3.8, 4) is 17.0 Å². The summed E-state index contributed by atoms with van der Waals surface area (Å²) in [6.07, 6.45) is 3.81. The number of hydrogen-bond acceptors (Lipinski definition) is 4. The Kier molecular flexibility index (Phi) is 5.28. The Bertz CT molecular complexity index is 1310. The monoisotopic (exact) mass is 471 g/mol. The molecule has 4 aromatic rings. The van der Waals surface area contributed by atoms with Gasteiger partial charge in [0.05, 0.1) is 16.7 Å². The van der Waals surface area contributed by atoms with Crippen molar-refractivity contribution in [2.75, 3.05) is 5.32 Å². The van der Waals surface area contributed by atoms with Crippen LogP contribution >= 0.6 is 11.6 Å². The zero-order valence-corrected chi connectivity index (χ0v) is 18.4. The summed E-state index contributed by atoms with van der Waals surface area (Å²) in [7, 11) is 0. The highest BCUT2D eigenvalue weighted by atomic mass is 35.5. The molecule has 5 rings (SSSR count). The van der Waals surface area contributed by atoms with Gasteiger partial charge in [0.2, 0.25) is 0 Å². The van der Waals surface area contributed by atoms with Crippen molar-refractivity contribution in [2.45, 2.75) is 37.8 Å². The number of carbonyl (C=O) groups excluding carboxylic acids is 1. The van der Waals surface area contributed by atoms with Crippen molar-refractivity contribution in [2.24, 2.45) is 0 Å². The SMILES string of the molecule is C[C@@H]1CCCn2c1nc1cc(C(=O)Nc3ccc(OC(F)(F)Cl)cc3)cc(-c3ccn[nH]3)c12. The van der Waals surface area contributed by atoms with Gasteiger partial charge in [-0.15, -0.1) is 8.78 Å². The molecule has 33 heavy (non-hydrogen) atoms. The molecular weight excluding hydrogens is 452 g/mol. The van der Waals surface area contributed by atoms with Crippen molar-refractivity contribution in [3.05, 3.63) is 60.0 Å². The Morgan fingerprint density at radius 3 is 2.76 bits per heavy atom. The van der Waals surface area contributed by atoms with E-state index in [1.807, 2.05) is 12.1 Å². The zero-order valence-electron chi connectivity index (χ0n) is 17.6. The van der Waals surface area contributed by atoms with Crippen molar-refractivity contribution in [1.82, 2.24) is 19.7 Å². The second kappa shape index (κ2) is 8.15. The van der Waals surface area contributed by atoms with Gasteiger partial charge in [-0.2, -0.15) is 5.10 Å². The number of aryl methyl sites for hydroxylation is 1. The number of aromatic nitrogens is 4. The van der Waals surface area contributed by atoms with Gasteiger partial charge < -0.3 is 14.6 Å². The first kappa shape index (κ1) is 21.4. The number of H-pyrrole nitrogens is 1. The number of anilines is 1. The van der Waals surface area contributed by atoms with Crippen LogP contribution in [0.4, 0.5) is 14.5 Å². The maximum atomic E-state index is 13.1. The molecule has 2 aromatic carbocycles. The molecular formula is C23H20ClF2N5O2. The van der Waals surface area contributed by atoms with Gasteiger partial charge in [0.25, 0.3) is 5.91 Å². The molecule has 3 heterocycles. The van der Waals surface area contributed by atoms with Crippen LogP contribution in [-0.4, -0.2) is 31.2 Å². The smallest absolute Gasteiger partial charge is 0.420 e. The number of aromatic amines is 1. The lowest BCUT2D eigenvalue weighted by atomic mass is 10.0. The average molecular weight is 472 g/mol. The van der Waals surface area contributed by atoms with E-state index in [1.54, 1.807) is 12.3 Å². The average Bonchev–Trinajstić information content (AvgIpc) is 3.42. The first-order valence-electron chi connectivity index (χ1n) is 10.5. The van der Waals surface area contributed by atoms with E-state index in [1.165, 1.54) is 24.3 Å². The van der Waals surface area contributed by atoms with Crippen LogP contribution in [0.2, 0.25) is 0 Å². The fraction of sp³-hybridized carbons (Fsp3) is 0.261. The second-order valence-electron chi connectivity index (χ2n) is 8.05. The zero-order chi connectivity index (χ0) is 23.2. The summed E-state index contributed by atoms with van der Waals surface area (Å²) >= 11 is 4.78. The van der Waals surface area contributed by atoms with Crippen LogP contribution in [0, 0.1) is 0 Å². The summed E-state index contributed by atoms with van der Waals surface area (Å²) in [5.74, 6) is 0.877. The van der Waals surface area contributed by atoms with E-state index >= 15 is 0 Å². The molecule has 0 spiro atoms. The number of alkyl halides is 3. The molecule has 1 atom stereocenters. The van der Waals surface area contributed by atoms with Gasteiger partial charge in [0.1, 0.15) is 11.6 Å². The van der Waals surface area contributed by atoms with Gasteiger partial charge in [-0.3, -0.25) is 9.89 Å². The Labute approximate surface area is 192 Å². The van der Waals surface area contributed by atoms with Crippen LogP contribution in [0.3, 0.4) is 0 Å². The molecule has 2 N–H and O–H groups in total. The largest absolute Gasteiger partial charge is 0.487 e. The lowest BCUT2D eigenvalue weighted by Gasteiger charge is -2.21. The predicted molar refractivity (Wildman–Crippen MR) is 121 cm³/mol. The number of imidazole rings is 1. The molecule has 0 unspecified atom stereocenters. The minimum atomic E-state index is -3.80. The van der Waals surface area contributed by atoms with Crippen molar-refractivity contribution in [1.29, 1.82) is 0 Å². The molecule has 7 nitrogen and oxygen atoms in total. The Morgan fingerprint density at radius 1 is 1.27 bits per heavy atom. The molecule has 1 amide bonds. The van der Waals surface area contributed by atoms with Crippen LogP contribution in [0.1, 0.15) is 41.9 Å². The van der Waals surface area contributed by atoms with E-state index in [-0.39, 0.29) is 11.7 Å². The Morgan fingerprint density at radius 2 is 2.06 bits per heavy atom. The third-order valence-corrected chi connectivity index (χ3v) is 5.81. The maximum Gasteiger partial charge on any atom is 0.487 e. The fourth-order valence-electron chi connectivity index (χ4n) is 4.26. The van der Waals surface area contributed by atoms with E-state index < -0.39 is 5.57 Å². The maximum absolute atomic E-state index is 13.1. The lowest BCUT2D eigenvalue weighted by molar-refractivity contribution is -0.0964. The first-order valence-corrected chi connectivity index (χ1v) is 10.9. The topological polar surface area (TPSA) is 84.8 Å². The number of nitrogens with one attached hydrogen (secondary N) is 2. The molecule has 1 aliphatic rings. The molecule has 1 aliphatic heterocycles. The molecule has 0 fully saturated rings. The van der Waals surface area contributed by atoms with Crippen molar-refractivity contribution >= 4 is 34.2 Å². The number of nitrogens with zero attached hydrogens (tertiary/aromatic N) is 3. The second-order valence-corrected chi connectivity index (χ2v) is 8.49. The Hall–Kier alpha value is -3.46. The van der Waals surface area contributed by atoms with Crippen molar-refractivity contribution < 1.29 is 18.3 Å². The van der Waals surface area contributed by atoms with Gasteiger partial charge in [0.15, 0.2) is 0 Å². The number of hydrogen-bond donors (Lipinski definition) is 2. The van der Waals surface area contributed by atoms with Crippen LogP contribution in [-0.2, 0) is 6.54 Å². The molecule has 0 radical (unpaired) electrons. The summed E-state index contributed by atoms with van der Waals surface area (Å²) in [5.41, 5.74) is 0.388. The van der Waals surface area contributed by atoms with E-state index in [9.17, 15) is 13.6 Å². The van der Waals surface area contributed by atoms with E-state index in [2.05, 4.69) is 31.7 Å². The highest BCUT2D eigenvalue weighted by molar-refractivity contribution is 6.20. The number of amides is 1. The summed E-state index contributed by atoms with van der Waals surface area (Å²) in [4.78, 5) is 17.9. The highest BCUT2D eigenvalue weighted by Crippen LogP contribution is 2.36. The van der Waals surface area contributed by atoms with Gasteiger partial charge in [-0.05, 0) is 55.3 Å². The number of carbonyl (C=O) groups is 1.